The molecule has 4 aromatic rings. The van der Waals surface area contributed by atoms with E-state index < -0.39 is 21.6 Å². The van der Waals surface area contributed by atoms with Crippen molar-refractivity contribution in [2.24, 2.45) is 5.92 Å². The van der Waals surface area contributed by atoms with Crippen molar-refractivity contribution in [2.75, 3.05) is 0 Å². The van der Waals surface area contributed by atoms with Crippen molar-refractivity contribution in [3.63, 3.8) is 0 Å². The van der Waals surface area contributed by atoms with E-state index in [0.29, 0.717) is 0 Å². The monoisotopic (exact) mass is 740 g/mol. The number of hydrogen-bond acceptors (Lipinski definition) is 1. The predicted octanol–water partition coefficient (Wildman–Crippen LogP) is 6.67. The van der Waals surface area contributed by atoms with Gasteiger partial charge in [0.2, 0.25) is 0 Å². The van der Waals surface area contributed by atoms with Gasteiger partial charge in [-0.1, -0.05) is 0 Å². The molecule has 1 atom stereocenters. The summed E-state index contributed by atoms with van der Waals surface area (Å²) in [5.74, 6) is -2.46. The molecule has 0 fully saturated rings. The Hall–Kier alpha value is -1.98. The van der Waals surface area contributed by atoms with E-state index in [2.05, 4.69) is 108 Å². The van der Waals surface area contributed by atoms with Gasteiger partial charge in [0, 0.05) is 0 Å². The van der Waals surface area contributed by atoms with E-state index in [1.165, 1.54) is 32.6 Å². The van der Waals surface area contributed by atoms with Crippen molar-refractivity contribution < 1.29 is 20.4 Å². The summed E-state index contributed by atoms with van der Waals surface area (Å²) in [7, 11) is 16.5. The number of carbonyl (C=O) groups is 1. The number of nitrogens with one attached hydrogen (secondary N) is 1. The van der Waals surface area contributed by atoms with Crippen LogP contribution in [0.2, 0.25) is 0 Å². The Balaban J connectivity index is 1.76. The average molecular weight is 740 g/mol. The third-order valence-corrected chi connectivity index (χ3v) is 56.6. The fraction of sp³-hybridized carbons (Fsp3) is 0.242. The number of rotatable bonds is 10. The van der Waals surface area contributed by atoms with Crippen molar-refractivity contribution in [2.45, 2.75) is 46.0 Å². The summed E-state index contributed by atoms with van der Waals surface area (Å²) in [6.07, 6.45) is 4.46. The Morgan fingerprint density at radius 2 is 1.41 bits per heavy atom. The number of benzene rings is 4. The molecule has 1 N–H and O–H groups in total. The molecule has 0 saturated carbocycles. The fourth-order valence-corrected chi connectivity index (χ4v) is 58.4. The van der Waals surface area contributed by atoms with Crippen molar-refractivity contribution in [1.29, 1.82) is 0 Å². The van der Waals surface area contributed by atoms with Gasteiger partial charge < -0.3 is 0 Å². The van der Waals surface area contributed by atoms with Crippen LogP contribution in [0.15, 0.2) is 103 Å². The molecule has 4 aromatic carbocycles. The summed E-state index contributed by atoms with van der Waals surface area (Å²) in [6, 6.07) is 35.8. The van der Waals surface area contributed by atoms with Crippen LogP contribution in [-0.4, -0.2) is 11.9 Å². The Labute approximate surface area is 242 Å². The van der Waals surface area contributed by atoms with Crippen LogP contribution in [0.3, 0.4) is 0 Å². The molecule has 2 nitrogen and oxygen atoms in total. The normalized spacial score (nSPS) is 14.2. The predicted molar refractivity (Wildman–Crippen MR) is 167 cm³/mol. The average Bonchev–Trinajstić information content (AvgIpc) is 3.33. The molecule has 1 aliphatic carbocycles. The van der Waals surface area contributed by atoms with Gasteiger partial charge in [-0.2, -0.15) is 0 Å². The van der Waals surface area contributed by atoms with Gasteiger partial charge >= 0.3 is 244 Å². The minimum absolute atomic E-state index is 0.0174. The van der Waals surface area contributed by atoms with E-state index in [0.717, 1.165) is 35.4 Å². The second-order valence-electron chi connectivity index (χ2n) is 10.7. The number of halogens is 2. The van der Waals surface area contributed by atoms with E-state index in [1.807, 2.05) is 12.1 Å². The molecule has 201 valence electrons. The van der Waals surface area contributed by atoms with E-state index in [1.54, 1.807) is 0 Å². The van der Waals surface area contributed by atoms with Gasteiger partial charge in [0.15, 0.2) is 0 Å². The van der Waals surface area contributed by atoms with E-state index in [4.69, 9.17) is 17.2 Å². The van der Waals surface area contributed by atoms with Crippen LogP contribution < -0.4 is 17.0 Å². The molecule has 1 aliphatic rings. The van der Waals surface area contributed by atoms with Gasteiger partial charge in [-0.25, -0.2) is 0 Å². The second-order valence-corrected chi connectivity index (χ2v) is 59.6. The molecule has 6 heteroatoms. The summed E-state index contributed by atoms with van der Waals surface area (Å²) in [6.45, 7) is 4.26. The minimum atomic E-state index is -5.57. The number of fused-ring (bicyclic) bond motifs is 3. The van der Waals surface area contributed by atoms with E-state index in [-0.39, 0.29) is 11.8 Å². The summed E-state index contributed by atoms with van der Waals surface area (Å²) in [4.78, 5) is 14.2. The van der Waals surface area contributed by atoms with Crippen molar-refractivity contribution in [3.05, 3.63) is 114 Å². The van der Waals surface area contributed by atoms with Crippen LogP contribution in [0.25, 0.3) is 11.1 Å². The molecular formula is C33H36Cl2HfNOSi. The van der Waals surface area contributed by atoms with Gasteiger partial charge in [-0.05, 0) is 0 Å². The SMILES string of the molecule is CCCCC(CC)C(=O)[NH][Hf]([Cl])([Cl])([c]1cccc2c1Cc1ccccc1-2)[SiH](c1ccccc1)c1ccccc1. The number of hydrogen-bond donors (Lipinski definition) is 1. The zero-order valence-corrected chi connectivity index (χ0v) is 28.9. The van der Waals surface area contributed by atoms with Crippen LogP contribution in [0.4, 0.5) is 0 Å². The Bertz CT molecular complexity index is 1420. The summed E-state index contributed by atoms with van der Waals surface area (Å²) >= 11 is -5.57. The van der Waals surface area contributed by atoms with Crippen LogP contribution in [0.1, 0.15) is 50.7 Å². The van der Waals surface area contributed by atoms with Gasteiger partial charge in [0.05, 0.1) is 0 Å². The summed E-state index contributed by atoms with van der Waals surface area (Å²) in [5, 5.41) is 2.33. The van der Waals surface area contributed by atoms with Gasteiger partial charge in [-0.15, -0.1) is 0 Å². The van der Waals surface area contributed by atoms with Crippen LogP contribution >= 0.6 is 17.2 Å². The maximum absolute atomic E-state index is 14.2. The summed E-state index contributed by atoms with van der Waals surface area (Å²) in [5.41, 5.74) is 4.89. The molecule has 1 amide bonds. The molecule has 0 heterocycles. The van der Waals surface area contributed by atoms with E-state index >= 15 is 0 Å². The molecule has 0 aromatic heterocycles. The molecule has 39 heavy (non-hydrogen) atoms. The molecule has 5 rings (SSSR count). The van der Waals surface area contributed by atoms with Gasteiger partial charge in [0.1, 0.15) is 0 Å². The first-order valence-corrected chi connectivity index (χ1v) is 34.5. The quantitative estimate of drug-likeness (QED) is 0.160. The molecule has 1 unspecified atom stereocenters. The molecule has 0 saturated heterocycles. The first-order chi connectivity index (χ1) is 18.9. The van der Waals surface area contributed by atoms with E-state index in [9.17, 15) is 4.79 Å². The van der Waals surface area contributed by atoms with Crippen molar-refractivity contribution >= 4 is 42.7 Å². The first-order valence-electron chi connectivity index (χ1n) is 14.1. The standard InChI is InChI=1S/C13H9.C12H11Si.C8H17NO.2ClH.Hf/c1-3-7-12-10(5-1)9-11-6-2-4-8-13(11)12;1-3-7-11(8-4-1)13-12-9-5-2-6-10-12;1-3-5-6-7(4-2)8(9)10;;;/h1-5,7-8H,9H2;1-10,13H;7H,3-6H2,1-2H3,(H2,9,10);2*1H;/q;;;;;+3/p-3. The Kier molecular flexibility index (Phi) is 8.68. The Morgan fingerprint density at radius 3 is 2.03 bits per heavy atom. The Morgan fingerprint density at radius 1 is 0.821 bits per heavy atom. The van der Waals surface area contributed by atoms with Gasteiger partial charge in [-0.3, -0.25) is 0 Å². The molecule has 0 bridgehead atoms. The van der Waals surface area contributed by atoms with Crippen LogP contribution in [0.5, 0.6) is 0 Å². The molecule has 0 spiro atoms. The number of amides is 1. The second kappa shape index (κ2) is 11.9. The first kappa shape index (κ1) is 28.5. The third-order valence-electron chi connectivity index (χ3n) is 8.24. The van der Waals surface area contributed by atoms with Crippen LogP contribution in [-0.2, 0) is 26.8 Å². The molecule has 0 radical (unpaired) electrons. The molecule has 0 aliphatic heterocycles. The maximum atomic E-state index is 14.2. The summed E-state index contributed by atoms with van der Waals surface area (Å²) < 4.78 is 4.58. The number of unbranched alkanes of at least 4 members (excludes halogenated alkanes) is 1. The van der Waals surface area contributed by atoms with Gasteiger partial charge in [0.25, 0.3) is 0 Å². The zero-order valence-electron chi connectivity index (χ0n) is 22.7. The third kappa shape index (κ3) is 5.50. The molecular weight excluding hydrogens is 704 g/mol. The van der Waals surface area contributed by atoms with Crippen LogP contribution in [0, 0.1) is 5.92 Å². The zero-order chi connectivity index (χ0) is 27.5. The number of carbonyl (C=O) groups excluding carboxylic acids is 1. The topological polar surface area (TPSA) is 29.1 Å². The van der Waals surface area contributed by atoms with Crippen molar-refractivity contribution in [1.82, 2.24) is 3.30 Å². The fourth-order valence-electron chi connectivity index (χ4n) is 6.25. The van der Waals surface area contributed by atoms with Crippen molar-refractivity contribution in [3.8, 4) is 11.1 Å².